The summed E-state index contributed by atoms with van der Waals surface area (Å²) in [5.41, 5.74) is 0.361. The van der Waals surface area contributed by atoms with E-state index in [2.05, 4.69) is 0 Å². The molecule has 23 heavy (non-hydrogen) atoms. The van der Waals surface area contributed by atoms with Gasteiger partial charge in [0.25, 0.3) is 0 Å². The Labute approximate surface area is 138 Å². The van der Waals surface area contributed by atoms with E-state index in [0.717, 1.165) is 18.4 Å². The molecule has 1 rings (SSSR count). The van der Waals surface area contributed by atoms with Crippen molar-refractivity contribution in [2.45, 2.75) is 47.0 Å². The van der Waals surface area contributed by atoms with E-state index >= 15 is 0 Å². The number of rotatable bonds is 7. The molecular weight excluding hydrogens is 292 g/mol. The fraction of sp³-hybridized carbons (Fsp3) is 0.474. The van der Waals surface area contributed by atoms with Gasteiger partial charge in [0.1, 0.15) is 0 Å². The van der Waals surface area contributed by atoms with Crippen LogP contribution < -0.4 is 9.47 Å². The summed E-state index contributed by atoms with van der Waals surface area (Å²) in [7, 11) is 1.53. The molecule has 0 bridgehead atoms. The quantitative estimate of drug-likeness (QED) is 0.424. The van der Waals surface area contributed by atoms with Crippen molar-refractivity contribution in [3.8, 4) is 11.5 Å². The van der Waals surface area contributed by atoms with Crippen molar-refractivity contribution in [3.63, 3.8) is 0 Å². The molecule has 4 heteroatoms. The molecule has 0 radical (unpaired) electrons. The highest BCUT2D eigenvalue weighted by molar-refractivity contribution is 5.97. The second-order valence-corrected chi connectivity index (χ2v) is 6.44. The van der Waals surface area contributed by atoms with Crippen LogP contribution in [0.2, 0.25) is 0 Å². The molecule has 0 aliphatic carbocycles. The van der Waals surface area contributed by atoms with Gasteiger partial charge in [0.2, 0.25) is 0 Å². The third-order valence-corrected chi connectivity index (χ3v) is 3.31. The maximum atomic E-state index is 11.9. The molecule has 0 atom stereocenters. The molecule has 0 unspecified atom stereocenters. The first-order valence-electron chi connectivity index (χ1n) is 7.89. The third kappa shape index (κ3) is 6.27. The molecule has 4 nitrogen and oxygen atoms in total. The summed E-state index contributed by atoms with van der Waals surface area (Å²) in [5.74, 6) is 0.625. The van der Waals surface area contributed by atoms with Gasteiger partial charge in [-0.05, 0) is 30.2 Å². The lowest BCUT2D eigenvalue weighted by molar-refractivity contribution is -0.134. The summed E-state index contributed by atoms with van der Waals surface area (Å²) in [6, 6.07) is 5.24. The predicted octanol–water partition coefficient (Wildman–Crippen LogP) is 4.42. The van der Waals surface area contributed by atoms with Crippen molar-refractivity contribution in [2.24, 2.45) is 5.41 Å². The van der Waals surface area contributed by atoms with Gasteiger partial charge >= 0.3 is 5.97 Å². The molecule has 0 aromatic heterocycles. The Morgan fingerprint density at radius 3 is 2.43 bits per heavy atom. The molecule has 0 heterocycles. The Morgan fingerprint density at radius 1 is 1.17 bits per heavy atom. The predicted molar refractivity (Wildman–Crippen MR) is 91.7 cm³/mol. The minimum absolute atomic E-state index is 0.0369. The number of ether oxygens (including phenoxy) is 2. The van der Waals surface area contributed by atoms with Crippen molar-refractivity contribution in [1.82, 2.24) is 0 Å². The number of ketones is 1. The minimum Gasteiger partial charge on any atom is -0.493 e. The lowest BCUT2D eigenvalue weighted by atomic mass is 9.90. The third-order valence-electron chi connectivity index (χ3n) is 3.31. The van der Waals surface area contributed by atoms with Crippen LogP contribution in [0.1, 0.15) is 52.5 Å². The molecular formula is C19H26O4. The van der Waals surface area contributed by atoms with Crippen LogP contribution in [0, 0.1) is 5.41 Å². The van der Waals surface area contributed by atoms with Crippen LogP contribution in [0.15, 0.2) is 24.3 Å². The van der Waals surface area contributed by atoms with Crippen LogP contribution in [-0.4, -0.2) is 18.9 Å². The van der Waals surface area contributed by atoms with Crippen LogP contribution >= 0.6 is 0 Å². The fourth-order valence-electron chi connectivity index (χ4n) is 1.79. The largest absolute Gasteiger partial charge is 0.493 e. The molecule has 1 aromatic carbocycles. The fourth-order valence-corrected chi connectivity index (χ4v) is 1.79. The zero-order chi connectivity index (χ0) is 17.5. The van der Waals surface area contributed by atoms with Crippen LogP contribution in [0.3, 0.4) is 0 Å². The molecule has 1 aromatic rings. The second-order valence-electron chi connectivity index (χ2n) is 6.44. The molecule has 0 amide bonds. The van der Waals surface area contributed by atoms with Gasteiger partial charge in [-0.2, -0.15) is 0 Å². The number of esters is 1. The number of carbonyl (C=O) groups is 2. The van der Waals surface area contributed by atoms with Crippen molar-refractivity contribution in [2.75, 3.05) is 7.11 Å². The number of unbranched alkanes of at least 4 members (excludes halogenated alkanes) is 1. The molecule has 126 valence electrons. The highest BCUT2D eigenvalue weighted by Crippen LogP contribution is 2.29. The minimum atomic E-state index is -0.418. The standard InChI is InChI=1S/C19H26O4/c1-6-7-8-18(21)23-16-13-14(9-11-15(16)22-5)10-12-17(20)19(2,3)4/h9-13H,6-8H2,1-5H3/b12-10+. The van der Waals surface area contributed by atoms with Crippen LogP contribution in [0.5, 0.6) is 11.5 Å². The second kappa shape index (κ2) is 8.51. The normalized spacial score (nSPS) is 11.5. The molecule has 0 N–H and O–H groups in total. The summed E-state index contributed by atoms with van der Waals surface area (Å²) in [6.45, 7) is 7.63. The smallest absolute Gasteiger partial charge is 0.311 e. The average molecular weight is 318 g/mol. The van der Waals surface area contributed by atoms with Gasteiger partial charge in [-0.25, -0.2) is 0 Å². The highest BCUT2D eigenvalue weighted by Gasteiger charge is 2.18. The first kappa shape index (κ1) is 18.9. The summed E-state index contributed by atoms with van der Waals surface area (Å²) in [4.78, 5) is 23.7. The number of hydrogen-bond acceptors (Lipinski definition) is 4. The van der Waals surface area contributed by atoms with E-state index in [1.54, 1.807) is 24.3 Å². The van der Waals surface area contributed by atoms with E-state index in [9.17, 15) is 9.59 Å². The first-order chi connectivity index (χ1) is 10.8. The van der Waals surface area contributed by atoms with Gasteiger partial charge < -0.3 is 9.47 Å². The Kier molecular flexibility index (Phi) is 7.01. The van der Waals surface area contributed by atoms with Crippen molar-refractivity contribution >= 4 is 17.8 Å². The van der Waals surface area contributed by atoms with E-state index in [1.165, 1.54) is 7.11 Å². The van der Waals surface area contributed by atoms with Gasteiger partial charge in [-0.1, -0.05) is 46.3 Å². The Hall–Kier alpha value is -2.10. The van der Waals surface area contributed by atoms with Crippen LogP contribution in [0.4, 0.5) is 0 Å². The molecule has 0 saturated heterocycles. The number of benzene rings is 1. The van der Waals surface area contributed by atoms with Crippen LogP contribution in [-0.2, 0) is 9.59 Å². The molecule has 0 fully saturated rings. The van der Waals surface area contributed by atoms with Crippen molar-refractivity contribution in [1.29, 1.82) is 0 Å². The van der Waals surface area contributed by atoms with Crippen LogP contribution in [0.25, 0.3) is 6.08 Å². The molecule has 0 spiro atoms. The maximum Gasteiger partial charge on any atom is 0.311 e. The molecule has 0 saturated carbocycles. The zero-order valence-electron chi connectivity index (χ0n) is 14.6. The van der Waals surface area contributed by atoms with Gasteiger partial charge in [-0.15, -0.1) is 0 Å². The van der Waals surface area contributed by atoms with Gasteiger partial charge in [0.05, 0.1) is 7.11 Å². The van der Waals surface area contributed by atoms with Gasteiger partial charge in [-0.3, -0.25) is 9.59 Å². The summed E-state index contributed by atoms with van der Waals surface area (Å²) < 4.78 is 10.6. The average Bonchev–Trinajstić information content (AvgIpc) is 2.49. The maximum absolute atomic E-state index is 11.9. The lowest BCUT2D eigenvalue weighted by Gasteiger charge is -2.13. The summed E-state index contributed by atoms with van der Waals surface area (Å²) >= 11 is 0. The summed E-state index contributed by atoms with van der Waals surface area (Å²) in [5, 5.41) is 0. The number of carbonyl (C=O) groups excluding carboxylic acids is 2. The molecule has 0 aliphatic heterocycles. The number of allylic oxidation sites excluding steroid dienone is 1. The van der Waals surface area contributed by atoms with Gasteiger partial charge in [0.15, 0.2) is 17.3 Å². The van der Waals surface area contributed by atoms with E-state index in [0.29, 0.717) is 17.9 Å². The molecule has 0 aliphatic rings. The number of methoxy groups -OCH3 is 1. The van der Waals surface area contributed by atoms with E-state index in [1.807, 2.05) is 33.8 Å². The summed E-state index contributed by atoms with van der Waals surface area (Å²) in [6.07, 6.45) is 5.37. The zero-order valence-corrected chi connectivity index (χ0v) is 14.6. The highest BCUT2D eigenvalue weighted by atomic mass is 16.6. The Bertz CT molecular complexity index is 580. The first-order valence-corrected chi connectivity index (χ1v) is 7.89. The monoisotopic (exact) mass is 318 g/mol. The SMILES string of the molecule is CCCCC(=O)Oc1cc(/C=C/C(=O)C(C)(C)C)ccc1OC. The number of hydrogen-bond donors (Lipinski definition) is 0. The van der Waals surface area contributed by atoms with Crippen molar-refractivity contribution < 1.29 is 19.1 Å². The Morgan fingerprint density at radius 2 is 1.87 bits per heavy atom. The van der Waals surface area contributed by atoms with E-state index in [4.69, 9.17) is 9.47 Å². The van der Waals surface area contributed by atoms with E-state index < -0.39 is 5.41 Å². The topological polar surface area (TPSA) is 52.6 Å². The van der Waals surface area contributed by atoms with E-state index in [-0.39, 0.29) is 11.8 Å². The van der Waals surface area contributed by atoms with Gasteiger partial charge in [0, 0.05) is 11.8 Å². The van der Waals surface area contributed by atoms with Crippen molar-refractivity contribution in [3.05, 3.63) is 29.8 Å². The lowest BCUT2D eigenvalue weighted by Crippen LogP contribution is -2.17. The Balaban J connectivity index is 2.92.